The lowest BCUT2D eigenvalue weighted by Crippen LogP contribution is -2.23. The van der Waals surface area contributed by atoms with Gasteiger partial charge in [-0.15, -0.1) is 0 Å². The summed E-state index contributed by atoms with van der Waals surface area (Å²) in [7, 11) is 0. The maximum absolute atomic E-state index is 12.1. The first kappa shape index (κ1) is 17.0. The molecular weight excluding hydrogens is 316 g/mol. The summed E-state index contributed by atoms with van der Waals surface area (Å²) in [5.41, 5.74) is 6.06. The molecule has 0 fully saturated rings. The van der Waals surface area contributed by atoms with E-state index in [2.05, 4.69) is 5.32 Å². The molecule has 124 valence electrons. The maximum Gasteiger partial charge on any atom is 0.277 e. The fraction of sp³-hybridized carbons (Fsp3) is 0.133. The quantitative estimate of drug-likeness (QED) is 0.612. The van der Waals surface area contributed by atoms with Gasteiger partial charge in [-0.2, -0.15) is 0 Å². The van der Waals surface area contributed by atoms with Gasteiger partial charge < -0.3 is 11.1 Å². The molecule has 2 aromatic carbocycles. The number of nitro groups is 2. The smallest absolute Gasteiger partial charge is 0.277 e. The molecule has 9 heteroatoms. The van der Waals surface area contributed by atoms with Crippen LogP contribution in [-0.4, -0.2) is 15.8 Å². The van der Waals surface area contributed by atoms with Gasteiger partial charge in [0.25, 0.3) is 17.3 Å². The molecule has 9 nitrogen and oxygen atoms in total. The zero-order valence-corrected chi connectivity index (χ0v) is 12.5. The highest BCUT2D eigenvalue weighted by atomic mass is 16.6. The van der Waals surface area contributed by atoms with Crippen molar-refractivity contribution in [3.8, 4) is 0 Å². The van der Waals surface area contributed by atoms with Crippen molar-refractivity contribution in [3.05, 3.63) is 79.4 Å². The largest absolute Gasteiger partial charge is 0.348 e. The first-order valence-electron chi connectivity index (χ1n) is 6.90. The Kier molecular flexibility index (Phi) is 5.17. The van der Waals surface area contributed by atoms with E-state index in [9.17, 15) is 25.0 Å². The molecule has 0 spiro atoms. The van der Waals surface area contributed by atoms with Gasteiger partial charge in [-0.05, 0) is 11.1 Å². The molecule has 0 aliphatic rings. The minimum absolute atomic E-state index is 0.147. The number of non-ortho nitro benzene ring substituents is 2. The van der Waals surface area contributed by atoms with Gasteiger partial charge in [0.15, 0.2) is 0 Å². The number of nitrogens with zero attached hydrogens (tertiary/aromatic N) is 2. The molecule has 0 aliphatic carbocycles. The molecule has 0 aliphatic heterocycles. The van der Waals surface area contributed by atoms with Crippen molar-refractivity contribution < 1.29 is 14.6 Å². The highest BCUT2D eigenvalue weighted by Gasteiger charge is 2.19. The molecule has 0 bridgehead atoms. The molecule has 2 rings (SSSR count). The van der Waals surface area contributed by atoms with Crippen molar-refractivity contribution in [2.45, 2.75) is 13.1 Å². The third-order valence-corrected chi connectivity index (χ3v) is 3.27. The number of nitro benzene ring substituents is 2. The van der Waals surface area contributed by atoms with Crippen LogP contribution in [0.15, 0.2) is 42.5 Å². The van der Waals surface area contributed by atoms with Crippen molar-refractivity contribution in [2.24, 2.45) is 5.73 Å². The van der Waals surface area contributed by atoms with E-state index >= 15 is 0 Å². The number of amides is 1. The Morgan fingerprint density at radius 2 is 1.58 bits per heavy atom. The molecule has 0 aromatic heterocycles. The van der Waals surface area contributed by atoms with Gasteiger partial charge in [0.2, 0.25) is 0 Å². The Balaban J connectivity index is 2.19. The number of hydrogen-bond acceptors (Lipinski definition) is 6. The average molecular weight is 330 g/mol. The topological polar surface area (TPSA) is 141 Å². The number of benzene rings is 2. The van der Waals surface area contributed by atoms with Crippen LogP contribution < -0.4 is 11.1 Å². The maximum atomic E-state index is 12.1. The van der Waals surface area contributed by atoms with E-state index in [0.717, 1.165) is 29.3 Å². The standard InChI is InChI=1S/C15H14N4O5/c16-8-10-2-1-3-11(4-10)9-17-15(20)12-5-13(18(21)22)7-14(6-12)19(23)24/h1-7H,8-9,16H2,(H,17,20). The minimum Gasteiger partial charge on any atom is -0.348 e. The zero-order valence-electron chi connectivity index (χ0n) is 12.5. The SMILES string of the molecule is NCc1cccc(CNC(=O)c2cc([N+](=O)[O-])cc([N+](=O)[O-])c2)c1. The fourth-order valence-corrected chi connectivity index (χ4v) is 2.09. The minimum atomic E-state index is -0.783. The normalized spacial score (nSPS) is 10.2. The summed E-state index contributed by atoms with van der Waals surface area (Å²) in [4.78, 5) is 32.3. The van der Waals surface area contributed by atoms with Gasteiger partial charge in [0, 0.05) is 25.2 Å². The molecule has 0 radical (unpaired) electrons. The van der Waals surface area contributed by atoms with Crippen LogP contribution in [0, 0.1) is 20.2 Å². The average Bonchev–Trinajstić information content (AvgIpc) is 2.59. The lowest BCUT2D eigenvalue weighted by molar-refractivity contribution is -0.394. The van der Waals surface area contributed by atoms with Crippen molar-refractivity contribution in [1.29, 1.82) is 0 Å². The summed E-state index contributed by atoms with van der Waals surface area (Å²) in [6, 6.07) is 10.0. The number of carbonyl (C=O) groups is 1. The van der Waals surface area contributed by atoms with Gasteiger partial charge in [-0.25, -0.2) is 0 Å². The van der Waals surface area contributed by atoms with Crippen LogP contribution >= 0.6 is 0 Å². The van der Waals surface area contributed by atoms with E-state index in [4.69, 9.17) is 5.73 Å². The number of hydrogen-bond donors (Lipinski definition) is 2. The second-order valence-electron chi connectivity index (χ2n) is 4.96. The third kappa shape index (κ3) is 4.11. The van der Waals surface area contributed by atoms with Crippen molar-refractivity contribution in [2.75, 3.05) is 0 Å². The summed E-state index contributed by atoms with van der Waals surface area (Å²) in [6.07, 6.45) is 0. The van der Waals surface area contributed by atoms with Crippen LogP contribution in [0.25, 0.3) is 0 Å². The number of nitrogens with two attached hydrogens (primary N) is 1. The van der Waals surface area contributed by atoms with Gasteiger partial charge in [-0.3, -0.25) is 25.0 Å². The highest BCUT2D eigenvalue weighted by molar-refractivity contribution is 5.95. The first-order valence-corrected chi connectivity index (χ1v) is 6.90. The van der Waals surface area contributed by atoms with Crippen LogP contribution in [0.4, 0.5) is 11.4 Å². The number of rotatable bonds is 6. The fourth-order valence-electron chi connectivity index (χ4n) is 2.09. The molecule has 0 heterocycles. The summed E-state index contributed by atoms with van der Waals surface area (Å²) in [5.74, 6) is -0.639. The van der Waals surface area contributed by atoms with Crippen molar-refractivity contribution >= 4 is 17.3 Å². The molecule has 0 saturated carbocycles. The van der Waals surface area contributed by atoms with Crippen LogP contribution in [0.5, 0.6) is 0 Å². The van der Waals surface area contributed by atoms with Gasteiger partial charge in [0.05, 0.1) is 21.5 Å². The summed E-state index contributed by atoms with van der Waals surface area (Å²) in [5, 5.41) is 24.3. The molecule has 3 N–H and O–H groups in total. The Labute approximate surface area is 136 Å². The summed E-state index contributed by atoms with van der Waals surface area (Å²) >= 11 is 0. The predicted octanol–water partition coefficient (Wildman–Crippen LogP) is 1.89. The molecule has 0 atom stereocenters. The second kappa shape index (κ2) is 7.29. The van der Waals surface area contributed by atoms with Crippen LogP contribution in [-0.2, 0) is 13.1 Å². The second-order valence-corrected chi connectivity index (χ2v) is 4.96. The molecular formula is C15H14N4O5. The first-order chi connectivity index (χ1) is 11.4. The van der Waals surface area contributed by atoms with E-state index < -0.39 is 27.1 Å². The summed E-state index contributed by atoms with van der Waals surface area (Å²) in [6.45, 7) is 0.530. The van der Waals surface area contributed by atoms with E-state index in [1.807, 2.05) is 12.1 Å². The highest BCUT2D eigenvalue weighted by Crippen LogP contribution is 2.22. The predicted molar refractivity (Wildman–Crippen MR) is 85.3 cm³/mol. The van der Waals surface area contributed by atoms with Crippen molar-refractivity contribution in [3.63, 3.8) is 0 Å². The Hall–Kier alpha value is -3.33. The molecule has 2 aromatic rings. The Morgan fingerprint density at radius 3 is 2.12 bits per heavy atom. The number of nitrogens with one attached hydrogen (secondary N) is 1. The van der Waals surface area contributed by atoms with Crippen LogP contribution in [0.2, 0.25) is 0 Å². The zero-order chi connectivity index (χ0) is 17.7. The molecule has 1 amide bonds. The van der Waals surface area contributed by atoms with Gasteiger partial charge >= 0.3 is 0 Å². The van der Waals surface area contributed by atoms with E-state index in [-0.39, 0.29) is 12.1 Å². The molecule has 0 unspecified atom stereocenters. The Morgan fingerprint density at radius 1 is 1.00 bits per heavy atom. The summed E-state index contributed by atoms with van der Waals surface area (Å²) < 4.78 is 0. The van der Waals surface area contributed by atoms with Gasteiger partial charge in [-0.1, -0.05) is 24.3 Å². The van der Waals surface area contributed by atoms with Crippen LogP contribution in [0.3, 0.4) is 0 Å². The third-order valence-electron chi connectivity index (χ3n) is 3.27. The molecule has 24 heavy (non-hydrogen) atoms. The van der Waals surface area contributed by atoms with E-state index in [1.165, 1.54) is 0 Å². The number of carbonyl (C=O) groups excluding carboxylic acids is 1. The van der Waals surface area contributed by atoms with Crippen LogP contribution in [0.1, 0.15) is 21.5 Å². The lowest BCUT2D eigenvalue weighted by Gasteiger charge is -2.07. The Bertz CT molecular complexity index is 774. The van der Waals surface area contributed by atoms with E-state index in [0.29, 0.717) is 6.54 Å². The molecule has 0 saturated heterocycles. The van der Waals surface area contributed by atoms with Crippen molar-refractivity contribution in [1.82, 2.24) is 5.32 Å². The van der Waals surface area contributed by atoms with Gasteiger partial charge in [0.1, 0.15) is 0 Å². The monoisotopic (exact) mass is 330 g/mol. The van der Waals surface area contributed by atoms with E-state index in [1.54, 1.807) is 12.1 Å². The lowest BCUT2D eigenvalue weighted by atomic mass is 10.1.